The highest BCUT2D eigenvalue weighted by atomic mass is 19.4. The van der Waals surface area contributed by atoms with Crippen LogP contribution in [0.4, 0.5) is 18.9 Å². The molecule has 4 rings (SSSR count). The van der Waals surface area contributed by atoms with Crippen molar-refractivity contribution in [1.82, 2.24) is 9.88 Å². The maximum absolute atomic E-state index is 12.9. The van der Waals surface area contributed by atoms with Crippen LogP contribution in [0.3, 0.4) is 0 Å². The number of β-amino-alcohol motifs (C(OH)–C–C–N with tert-alkyl or cyclic N) is 1. The number of para-hydroxylation sites is 1. The number of benzene rings is 2. The highest BCUT2D eigenvalue weighted by molar-refractivity contribution is 5.83. The van der Waals surface area contributed by atoms with Crippen molar-refractivity contribution >= 4 is 16.6 Å². The van der Waals surface area contributed by atoms with Gasteiger partial charge in [0.25, 0.3) is 0 Å². The Labute approximate surface area is 161 Å². The molecule has 1 aliphatic heterocycles. The molecule has 0 spiro atoms. The summed E-state index contributed by atoms with van der Waals surface area (Å²) in [5.74, 6) is 0. The second kappa shape index (κ2) is 7.48. The second-order valence-electron chi connectivity index (χ2n) is 7.14. The van der Waals surface area contributed by atoms with Gasteiger partial charge in [-0.15, -0.1) is 0 Å². The number of aromatic nitrogens is 1. The van der Waals surface area contributed by atoms with Gasteiger partial charge in [-0.2, -0.15) is 13.2 Å². The van der Waals surface area contributed by atoms with E-state index in [-0.39, 0.29) is 0 Å². The van der Waals surface area contributed by atoms with Gasteiger partial charge >= 0.3 is 6.18 Å². The van der Waals surface area contributed by atoms with Gasteiger partial charge in [0.15, 0.2) is 0 Å². The first-order valence-corrected chi connectivity index (χ1v) is 9.30. The van der Waals surface area contributed by atoms with Crippen LogP contribution in [-0.4, -0.2) is 47.7 Å². The third-order valence-corrected chi connectivity index (χ3v) is 5.32. The summed E-state index contributed by atoms with van der Waals surface area (Å²) in [7, 11) is 0. The minimum absolute atomic E-state index is 0.498. The van der Waals surface area contributed by atoms with E-state index in [1.54, 1.807) is 6.07 Å². The second-order valence-corrected chi connectivity index (χ2v) is 7.14. The van der Waals surface area contributed by atoms with Gasteiger partial charge < -0.3 is 15.0 Å². The van der Waals surface area contributed by atoms with Crippen LogP contribution in [0.2, 0.25) is 0 Å². The van der Waals surface area contributed by atoms with Crippen molar-refractivity contribution < 1.29 is 18.3 Å². The van der Waals surface area contributed by atoms with E-state index in [4.69, 9.17) is 0 Å². The number of fused-ring (bicyclic) bond motifs is 1. The molecule has 148 valence electrons. The molecule has 1 fully saturated rings. The van der Waals surface area contributed by atoms with Crippen LogP contribution in [0.25, 0.3) is 10.9 Å². The number of hydrogen-bond donors (Lipinski definition) is 2. The molecule has 3 aromatic rings. The molecule has 0 aliphatic carbocycles. The van der Waals surface area contributed by atoms with Crippen molar-refractivity contribution in [2.75, 3.05) is 37.6 Å². The minimum Gasteiger partial charge on any atom is -0.387 e. The summed E-state index contributed by atoms with van der Waals surface area (Å²) < 4.78 is 38.8. The number of alkyl halides is 3. The number of H-pyrrole nitrogens is 1. The van der Waals surface area contributed by atoms with Crippen LogP contribution < -0.4 is 4.90 Å². The van der Waals surface area contributed by atoms with Gasteiger partial charge in [0, 0.05) is 61.1 Å². The van der Waals surface area contributed by atoms with Crippen LogP contribution in [-0.2, 0) is 6.18 Å². The summed E-state index contributed by atoms with van der Waals surface area (Å²) in [5.41, 5.74) is 1.83. The van der Waals surface area contributed by atoms with Crippen molar-refractivity contribution in [3.63, 3.8) is 0 Å². The molecule has 4 nitrogen and oxygen atoms in total. The molecular weight excluding hydrogens is 367 g/mol. The molecule has 0 amide bonds. The summed E-state index contributed by atoms with van der Waals surface area (Å²) in [6, 6.07) is 13.3. The molecule has 0 radical (unpaired) electrons. The first-order chi connectivity index (χ1) is 13.4. The number of nitrogens with zero attached hydrogens (tertiary/aromatic N) is 2. The fourth-order valence-corrected chi connectivity index (χ4v) is 3.78. The number of aliphatic hydroxyl groups is 1. The Hall–Kier alpha value is -2.51. The topological polar surface area (TPSA) is 42.5 Å². The van der Waals surface area contributed by atoms with E-state index in [1.165, 1.54) is 12.1 Å². The Morgan fingerprint density at radius 1 is 1.00 bits per heavy atom. The Bertz CT molecular complexity index is 945. The predicted octanol–water partition coefficient (Wildman–Crippen LogP) is 4.04. The first-order valence-electron chi connectivity index (χ1n) is 9.30. The fourth-order valence-electron chi connectivity index (χ4n) is 3.78. The Kier molecular flexibility index (Phi) is 5.03. The standard InChI is InChI=1S/C21H22F3N3O/c22-21(23,24)15-4-3-5-16(12-15)27-10-8-26(9-11-27)14-20(28)18-13-25-19-7-2-1-6-17(18)19/h1-7,12-13,20,25,28H,8-11,14H2/t20-/m1/s1. The van der Waals surface area contributed by atoms with Crippen molar-refractivity contribution in [3.05, 3.63) is 65.9 Å². The van der Waals surface area contributed by atoms with Crippen molar-refractivity contribution in [2.24, 2.45) is 0 Å². The van der Waals surface area contributed by atoms with E-state index in [0.29, 0.717) is 38.4 Å². The molecule has 2 aromatic carbocycles. The smallest absolute Gasteiger partial charge is 0.387 e. The fraction of sp³-hybridized carbons (Fsp3) is 0.333. The average Bonchev–Trinajstić information content (AvgIpc) is 3.12. The molecule has 7 heteroatoms. The number of rotatable bonds is 4. The van der Waals surface area contributed by atoms with Gasteiger partial charge in [-0.1, -0.05) is 24.3 Å². The van der Waals surface area contributed by atoms with Gasteiger partial charge in [0.1, 0.15) is 0 Å². The molecule has 0 unspecified atom stereocenters. The van der Waals surface area contributed by atoms with Crippen LogP contribution in [0, 0.1) is 0 Å². The zero-order valence-corrected chi connectivity index (χ0v) is 15.3. The summed E-state index contributed by atoms with van der Waals surface area (Å²) in [5, 5.41) is 11.7. The zero-order chi connectivity index (χ0) is 19.7. The van der Waals surface area contributed by atoms with Crippen LogP contribution in [0.1, 0.15) is 17.2 Å². The van der Waals surface area contributed by atoms with Crippen molar-refractivity contribution in [1.29, 1.82) is 0 Å². The molecule has 1 saturated heterocycles. The van der Waals surface area contributed by atoms with Crippen LogP contribution >= 0.6 is 0 Å². The summed E-state index contributed by atoms with van der Waals surface area (Å²) >= 11 is 0. The molecule has 0 saturated carbocycles. The lowest BCUT2D eigenvalue weighted by Crippen LogP contribution is -2.47. The van der Waals surface area contributed by atoms with Gasteiger partial charge in [-0.25, -0.2) is 0 Å². The van der Waals surface area contributed by atoms with Gasteiger partial charge in [0.2, 0.25) is 0 Å². The van der Waals surface area contributed by atoms with Gasteiger partial charge in [-0.05, 0) is 24.3 Å². The molecule has 2 heterocycles. The largest absolute Gasteiger partial charge is 0.416 e. The third-order valence-electron chi connectivity index (χ3n) is 5.32. The Morgan fingerprint density at radius 3 is 2.50 bits per heavy atom. The van der Waals surface area contributed by atoms with Gasteiger partial charge in [-0.3, -0.25) is 4.90 Å². The van der Waals surface area contributed by atoms with Crippen molar-refractivity contribution in [2.45, 2.75) is 12.3 Å². The molecule has 1 aromatic heterocycles. The van der Waals surface area contributed by atoms with Crippen molar-refractivity contribution in [3.8, 4) is 0 Å². The molecule has 1 atom stereocenters. The van der Waals surface area contributed by atoms with Crippen LogP contribution in [0.5, 0.6) is 0 Å². The number of nitrogens with one attached hydrogen (secondary N) is 1. The number of aliphatic hydroxyl groups excluding tert-OH is 1. The van der Waals surface area contributed by atoms with E-state index in [2.05, 4.69) is 9.88 Å². The van der Waals surface area contributed by atoms with E-state index < -0.39 is 17.8 Å². The summed E-state index contributed by atoms with van der Waals surface area (Å²) in [6.07, 6.45) is -3.11. The van der Waals surface area contributed by atoms with Gasteiger partial charge in [0.05, 0.1) is 11.7 Å². The average molecular weight is 389 g/mol. The lowest BCUT2D eigenvalue weighted by atomic mass is 10.1. The minimum atomic E-state index is -4.33. The zero-order valence-electron chi connectivity index (χ0n) is 15.3. The monoisotopic (exact) mass is 389 g/mol. The maximum Gasteiger partial charge on any atom is 0.416 e. The first kappa shape index (κ1) is 18.8. The quantitative estimate of drug-likeness (QED) is 0.708. The van der Waals surface area contributed by atoms with E-state index in [1.807, 2.05) is 35.4 Å². The number of piperazine rings is 1. The third kappa shape index (κ3) is 3.86. The molecular formula is C21H22F3N3O. The molecule has 2 N–H and O–H groups in total. The number of hydrogen-bond acceptors (Lipinski definition) is 3. The Balaban J connectivity index is 1.38. The number of aromatic amines is 1. The molecule has 0 bridgehead atoms. The lowest BCUT2D eigenvalue weighted by Gasteiger charge is -2.37. The summed E-state index contributed by atoms with van der Waals surface area (Å²) in [4.78, 5) is 7.29. The highest BCUT2D eigenvalue weighted by Crippen LogP contribution is 2.32. The molecule has 1 aliphatic rings. The number of halogens is 3. The van der Waals surface area contributed by atoms with E-state index in [0.717, 1.165) is 22.5 Å². The summed E-state index contributed by atoms with van der Waals surface area (Å²) in [6.45, 7) is 3.13. The SMILES string of the molecule is O[C@H](CN1CCN(c2cccc(C(F)(F)F)c2)CC1)c1c[nH]c2ccccc12. The highest BCUT2D eigenvalue weighted by Gasteiger charge is 2.31. The lowest BCUT2D eigenvalue weighted by molar-refractivity contribution is -0.137. The van der Waals surface area contributed by atoms with Crippen LogP contribution in [0.15, 0.2) is 54.7 Å². The Morgan fingerprint density at radius 2 is 1.75 bits per heavy atom. The van der Waals surface area contributed by atoms with E-state index in [9.17, 15) is 18.3 Å². The maximum atomic E-state index is 12.9. The predicted molar refractivity (Wildman–Crippen MR) is 103 cm³/mol. The normalized spacial score (nSPS) is 17.2. The van der Waals surface area contributed by atoms with E-state index >= 15 is 0 Å². The number of anilines is 1. The molecule has 28 heavy (non-hydrogen) atoms.